The van der Waals surface area contributed by atoms with Crippen LogP contribution in [0, 0.1) is 5.82 Å². The molecule has 11 heteroatoms. The zero-order valence-corrected chi connectivity index (χ0v) is 18.1. The average molecular weight is 503 g/mol. The first-order valence-corrected chi connectivity index (χ1v) is 11.3. The Morgan fingerprint density at radius 2 is 1.93 bits per heavy atom. The van der Waals surface area contributed by atoms with Gasteiger partial charge in [0.25, 0.3) is 5.91 Å². The first kappa shape index (κ1) is 22.6. The van der Waals surface area contributed by atoms with E-state index in [1.54, 1.807) is 6.07 Å². The number of rotatable bonds is 6. The van der Waals surface area contributed by atoms with Crippen LogP contribution in [0.15, 0.2) is 51.8 Å². The molecule has 0 aromatic heterocycles. The number of sulfonamides is 1. The van der Waals surface area contributed by atoms with Crippen molar-refractivity contribution in [1.29, 1.82) is 0 Å². The lowest BCUT2D eigenvalue weighted by Crippen LogP contribution is -2.54. The quantitative estimate of drug-likeness (QED) is 0.411. The van der Waals surface area contributed by atoms with E-state index in [-0.39, 0.29) is 30.9 Å². The number of halogens is 2. The Hall–Kier alpha value is -2.05. The second kappa shape index (κ2) is 9.40. The number of aliphatic hydroxyl groups is 1. The highest BCUT2D eigenvalue weighted by molar-refractivity contribution is 9.10. The number of hydrogen-bond donors (Lipinski definition) is 3. The van der Waals surface area contributed by atoms with E-state index < -0.39 is 33.9 Å². The van der Waals surface area contributed by atoms with Gasteiger partial charge in [-0.3, -0.25) is 10.0 Å². The summed E-state index contributed by atoms with van der Waals surface area (Å²) in [6, 6.07) is 8.62. The van der Waals surface area contributed by atoms with Crippen molar-refractivity contribution >= 4 is 31.9 Å². The molecule has 0 saturated carbocycles. The van der Waals surface area contributed by atoms with E-state index in [1.165, 1.54) is 41.9 Å². The van der Waals surface area contributed by atoms with E-state index in [0.29, 0.717) is 15.8 Å². The molecule has 1 fully saturated rings. The summed E-state index contributed by atoms with van der Waals surface area (Å²) < 4.78 is 46.5. The molecule has 0 bridgehead atoms. The van der Waals surface area contributed by atoms with Crippen LogP contribution in [0.1, 0.15) is 18.4 Å². The van der Waals surface area contributed by atoms with E-state index in [1.807, 2.05) is 0 Å². The zero-order valence-electron chi connectivity index (χ0n) is 15.7. The standard InChI is InChI=1S/C19H20BrFN2O6S/c20-17-7-1-13(21)9-12(17)11-29-15-3-5-16(6-4-15)30(27,28)23-10-14(24)2-8-18(23)19(25)22-26/h1,3-7,9,14,18,24,26H,2,8,10-11H2,(H,22,25). The molecule has 2 atom stereocenters. The van der Waals surface area contributed by atoms with Crippen LogP contribution in [0.25, 0.3) is 0 Å². The fourth-order valence-electron chi connectivity index (χ4n) is 3.18. The van der Waals surface area contributed by atoms with Gasteiger partial charge in [0.05, 0.1) is 11.0 Å². The maximum atomic E-state index is 13.4. The van der Waals surface area contributed by atoms with Gasteiger partial charge in [-0.15, -0.1) is 0 Å². The van der Waals surface area contributed by atoms with E-state index in [0.717, 1.165) is 4.31 Å². The summed E-state index contributed by atoms with van der Waals surface area (Å²) >= 11 is 3.31. The summed E-state index contributed by atoms with van der Waals surface area (Å²) in [7, 11) is -4.11. The second-order valence-electron chi connectivity index (χ2n) is 6.79. The Morgan fingerprint density at radius 1 is 1.23 bits per heavy atom. The number of hydroxylamine groups is 1. The van der Waals surface area contributed by atoms with Crippen molar-refractivity contribution in [1.82, 2.24) is 9.79 Å². The molecule has 2 aromatic rings. The molecule has 0 radical (unpaired) electrons. The van der Waals surface area contributed by atoms with Crippen molar-refractivity contribution in [3.63, 3.8) is 0 Å². The second-order valence-corrected chi connectivity index (χ2v) is 9.54. The molecule has 1 aliphatic heterocycles. The molecular formula is C19H20BrFN2O6S. The number of ether oxygens (including phenoxy) is 1. The first-order valence-electron chi connectivity index (χ1n) is 9.03. The Balaban J connectivity index is 1.76. The minimum absolute atomic E-state index is 0.0709. The molecule has 162 valence electrons. The molecule has 1 amide bonds. The maximum Gasteiger partial charge on any atom is 0.261 e. The highest BCUT2D eigenvalue weighted by Crippen LogP contribution is 2.27. The number of nitrogens with one attached hydrogen (secondary N) is 1. The van der Waals surface area contributed by atoms with Gasteiger partial charge in [0, 0.05) is 16.6 Å². The van der Waals surface area contributed by atoms with Gasteiger partial charge in [-0.1, -0.05) is 15.9 Å². The van der Waals surface area contributed by atoms with Gasteiger partial charge in [-0.25, -0.2) is 18.3 Å². The predicted molar refractivity (Wildman–Crippen MR) is 108 cm³/mol. The fourth-order valence-corrected chi connectivity index (χ4v) is 5.20. The van der Waals surface area contributed by atoms with Gasteiger partial charge >= 0.3 is 0 Å². The summed E-state index contributed by atoms with van der Waals surface area (Å²) in [6.07, 6.45) is -0.585. The van der Waals surface area contributed by atoms with Crippen LogP contribution in [0.5, 0.6) is 5.75 Å². The minimum atomic E-state index is -4.11. The third-order valence-corrected chi connectivity index (χ3v) is 7.42. The molecule has 1 saturated heterocycles. The number of piperidine rings is 1. The maximum absolute atomic E-state index is 13.4. The number of carbonyl (C=O) groups is 1. The molecule has 3 N–H and O–H groups in total. The van der Waals surface area contributed by atoms with Crippen LogP contribution in [0.2, 0.25) is 0 Å². The van der Waals surface area contributed by atoms with Crippen molar-refractivity contribution < 1.29 is 32.7 Å². The monoisotopic (exact) mass is 502 g/mol. The van der Waals surface area contributed by atoms with Crippen LogP contribution in [0.3, 0.4) is 0 Å². The lowest BCUT2D eigenvalue weighted by atomic mass is 10.0. The molecule has 8 nitrogen and oxygen atoms in total. The topological polar surface area (TPSA) is 116 Å². The number of β-amino-alcohol motifs (C(OH)–C–C–N with tert-alkyl or cyclic N) is 1. The lowest BCUT2D eigenvalue weighted by Gasteiger charge is -2.35. The van der Waals surface area contributed by atoms with Crippen molar-refractivity contribution in [2.45, 2.75) is 36.5 Å². The molecule has 0 aliphatic carbocycles. The van der Waals surface area contributed by atoms with E-state index in [4.69, 9.17) is 9.94 Å². The predicted octanol–water partition coefficient (Wildman–Crippen LogP) is 2.19. The molecule has 30 heavy (non-hydrogen) atoms. The van der Waals surface area contributed by atoms with Gasteiger partial charge in [0.2, 0.25) is 10.0 Å². The zero-order chi connectivity index (χ0) is 21.9. The lowest BCUT2D eigenvalue weighted by molar-refractivity contribution is -0.135. The van der Waals surface area contributed by atoms with E-state index in [2.05, 4.69) is 15.9 Å². The fraction of sp³-hybridized carbons (Fsp3) is 0.316. The largest absolute Gasteiger partial charge is 0.489 e. The molecule has 2 unspecified atom stereocenters. The summed E-state index contributed by atoms with van der Waals surface area (Å²) in [6.45, 7) is -0.187. The number of nitrogens with zero attached hydrogens (tertiary/aromatic N) is 1. The molecule has 2 aromatic carbocycles. The SMILES string of the molecule is O=C(NO)C1CCC(O)CN1S(=O)(=O)c1ccc(OCc2cc(F)ccc2Br)cc1. The van der Waals surface area contributed by atoms with Crippen LogP contribution in [-0.4, -0.2) is 47.6 Å². The average Bonchev–Trinajstić information content (AvgIpc) is 2.74. The van der Waals surface area contributed by atoms with Gasteiger partial charge in [0.15, 0.2) is 0 Å². The molecule has 1 aliphatic rings. The van der Waals surface area contributed by atoms with Crippen molar-refractivity contribution in [2.24, 2.45) is 0 Å². The Kier molecular flexibility index (Phi) is 7.09. The summed E-state index contributed by atoms with van der Waals surface area (Å²) in [4.78, 5) is 11.8. The van der Waals surface area contributed by atoms with Gasteiger partial charge in [0.1, 0.15) is 24.2 Å². The number of carbonyl (C=O) groups excluding carboxylic acids is 1. The summed E-state index contributed by atoms with van der Waals surface area (Å²) in [5.41, 5.74) is 2.07. The van der Waals surface area contributed by atoms with Crippen molar-refractivity contribution in [3.05, 3.63) is 58.3 Å². The Bertz CT molecular complexity index is 1020. The van der Waals surface area contributed by atoms with Crippen LogP contribution >= 0.6 is 15.9 Å². The third-order valence-electron chi connectivity index (χ3n) is 4.76. The smallest absolute Gasteiger partial charge is 0.261 e. The number of amides is 1. The van der Waals surface area contributed by atoms with Gasteiger partial charge in [-0.2, -0.15) is 4.31 Å². The number of hydrogen-bond acceptors (Lipinski definition) is 6. The minimum Gasteiger partial charge on any atom is -0.489 e. The molecule has 3 rings (SSSR count). The van der Waals surface area contributed by atoms with Crippen LogP contribution in [-0.2, 0) is 21.4 Å². The number of benzene rings is 2. The van der Waals surface area contributed by atoms with Gasteiger partial charge in [-0.05, 0) is 55.3 Å². The summed E-state index contributed by atoms with van der Waals surface area (Å²) in [5, 5.41) is 18.8. The summed E-state index contributed by atoms with van der Waals surface area (Å²) in [5.74, 6) is -0.886. The molecule has 0 spiro atoms. The van der Waals surface area contributed by atoms with Crippen molar-refractivity contribution in [2.75, 3.05) is 6.54 Å². The third kappa shape index (κ3) is 4.98. The van der Waals surface area contributed by atoms with Crippen LogP contribution in [0.4, 0.5) is 4.39 Å². The van der Waals surface area contributed by atoms with E-state index >= 15 is 0 Å². The van der Waals surface area contributed by atoms with E-state index in [9.17, 15) is 22.7 Å². The van der Waals surface area contributed by atoms with Gasteiger partial charge < -0.3 is 9.84 Å². The molecule has 1 heterocycles. The highest BCUT2D eigenvalue weighted by Gasteiger charge is 2.40. The Morgan fingerprint density at radius 3 is 2.60 bits per heavy atom. The molecular weight excluding hydrogens is 483 g/mol. The first-order chi connectivity index (χ1) is 14.2. The normalized spacial score (nSPS) is 20.0. The number of aliphatic hydroxyl groups excluding tert-OH is 1. The highest BCUT2D eigenvalue weighted by atomic mass is 79.9. The Labute approximate surface area is 181 Å². The van der Waals surface area contributed by atoms with Crippen LogP contribution < -0.4 is 10.2 Å². The van der Waals surface area contributed by atoms with Crippen molar-refractivity contribution in [3.8, 4) is 5.75 Å².